The van der Waals surface area contributed by atoms with Gasteiger partial charge in [-0.15, -0.1) is 0 Å². The maximum absolute atomic E-state index is 12.1. The number of carbonyl (C=O) groups excluding carboxylic acids is 1. The van der Waals surface area contributed by atoms with Crippen molar-refractivity contribution < 1.29 is 4.79 Å². The summed E-state index contributed by atoms with van der Waals surface area (Å²) in [5.74, 6) is 0.0716. The molecule has 4 nitrogen and oxygen atoms in total. The molecule has 0 spiro atoms. The number of anilines is 2. The minimum atomic E-state index is -0.377. The van der Waals surface area contributed by atoms with Gasteiger partial charge in [0.1, 0.15) is 5.82 Å². The summed E-state index contributed by atoms with van der Waals surface area (Å²) in [5.41, 5.74) is 7.31. The van der Waals surface area contributed by atoms with Crippen molar-refractivity contribution in [3.05, 3.63) is 51.1 Å². The molecule has 1 heterocycles. The van der Waals surface area contributed by atoms with E-state index in [0.717, 1.165) is 10.0 Å². The Hall–Kier alpha value is -1.59. The third kappa shape index (κ3) is 3.05. The summed E-state index contributed by atoms with van der Waals surface area (Å²) < 4.78 is 0.878. The molecule has 0 aliphatic carbocycles. The van der Waals surface area contributed by atoms with Crippen LogP contribution in [-0.2, 0) is 0 Å². The molecule has 3 N–H and O–H groups in total. The van der Waals surface area contributed by atoms with Crippen LogP contribution in [0.25, 0.3) is 0 Å². The number of halogens is 2. The van der Waals surface area contributed by atoms with Crippen LogP contribution >= 0.6 is 27.5 Å². The molecule has 98 valence electrons. The molecule has 0 bridgehead atoms. The Morgan fingerprint density at radius 1 is 1.47 bits per heavy atom. The number of nitrogens with two attached hydrogens (primary N) is 1. The lowest BCUT2D eigenvalue weighted by molar-refractivity contribution is 0.102. The first-order valence-electron chi connectivity index (χ1n) is 5.46. The van der Waals surface area contributed by atoms with Crippen LogP contribution in [0.15, 0.2) is 34.9 Å². The SMILES string of the molecule is Cc1cc(NC(=O)c2c(N)cccc2Cl)ncc1Br. The molecule has 0 fully saturated rings. The number of hydrogen-bond donors (Lipinski definition) is 2. The fourth-order valence-corrected chi connectivity index (χ4v) is 2.05. The van der Waals surface area contributed by atoms with E-state index >= 15 is 0 Å². The molecule has 0 atom stereocenters. The van der Waals surface area contributed by atoms with E-state index in [1.807, 2.05) is 6.92 Å². The average Bonchev–Trinajstić information content (AvgIpc) is 2.33. The van der Waals surface area contributed by atoms with E-state index in [0.29, 0.717) is 16.5 Å². The van der Waals surface area contributed by atoms with E-state index in [2.05, 4.69) is 26.2 Å². The molecular formula is C13H11BrClN3O. The second-order valence-electron chi connectivity index (χ2n) is 3.98. The minimum absolute atomic E-state index is 0.256. The molecule has 2 rings (SSSR count). The second-order valence-corrected chi connectivity index (χ2v) is 5.24. The quantitative estimate of drug-likeness (QED) is 0.820. The van der Waals surface area contributed by atoms with Crippen LogP contribution in [0.2, 0.25) is 5.02 Å². The van der Waals surface area contributed by atoms with Gasteiger partial charge in [-0.3, -0.25) is 4.79 Å². The number of benzene rings is 1. The molecule has 0 aliphatic rings. The molecule has 2 aromatic rings. The van der Waals surface area contributed by atoms with Crippen molar-refractivity contribution in [2.24, 2.45) is 0 Å². The topological polar surface area (TPSA) is 68.0 Å². The van der Waals surface area contributed by atoms with Gasteiger partial charge in [0, 0.05) is 16.4 Å². The summed E-state index contributed by atoms with van der Waals surface area (Å²) in [6.07, 6.45) is 1.63. The first-order chi connectivity index (χ1) is 8.99. The number of hydrogen-bond acceptors (Lipinski definition) is 3. The number of pyridine rings is 1. The minimum Gasteiger partial charge on any atom is -0.398 e. The molecule has 19 heavy (non-hydrogen) atoms. The van der Waals surface area contributed by atoms with Crippen molar-refractivity contribution in [3.8, 4) is 0 Å². The van der Waals surface area contributed by atoms with Crippen molar-refractivity contribution in [1.82, 2.24) is 4.98 Å². The normalized spacial score (nSPS) is 10.3. The summed E-state index contributed by atoms with van der Waals surface area (Å²) in [6.45, 7) is 1.91. The fraction of sp³-hybridized carbons (Fsp3) is 0.0769. The highest BCUT2D eigenvalue weighted by Gasteiger charge is 2.14. The predicted molar refractivity (Wildman–Crippen MR) is 80.5 cm³/mol. The lowest BCUT2D eigenvalue weighted by Crippen LogP contribution is -2.15. The number of nitrogen functional groups attached to an aromatic ring is 1. The molecule has 0 unspecified atom stereocenters. The van der Waals surface area contributed by atoms with Crippen LogP contribution in [0.4, 0.5) is 11.5 Å². The molecule has 0 radical (unpaired) electrons. The van der Waals surface area contributed by atoms with Crippen molar-refractivity contribution in [2.75, 3.05) is 11.1 Å². The molecule has 6 heteroatoms. The highest BCUT2D eigenvalue weighted by molar-refractivity contribution is 9.10. The van der Waals surface area contributed by atoms with E-state index in [1.165, 1.54) is 0 Å². The van der Waals surface area contributed by atoms with Gasteiger partial charge in [0.25, 0.3) is 5.91 Å². The Bertz CT molecular complexity index is 626. The number of aryl methyl sites for hydroxylation is 1. The molecule has 0 saturated carbocycles. The number of rotatable bonds is 2. The van der Waals surface area contributed by atoms with E-state index in [1.54, 1.807) is 30.5 Å². The average molecular weight is 341 g/mol. The number of aromatic nitrogens is 1. The Balaban J connectivity index is 2.28. The van der Waals surface area contributed by atoms with Gasteiger partial charge in [-0.25, -0.2) is 4.98 Å². The maximum atomic E-state index is 12.1. The van der Waals surface area contributed by atoms with Gasteiger partial charge in [0.15, 0.2) is 0 Å². The van der Waals surface area contributed by atoms with Crippen molar-refractivity contribution in [2.45, 2.75) is 6.92 Å². The third-order valence-electron chi connectivity index (χ3n) is 2.56. The maximum Gasteiger partial charge on any atom is 0.260 e. The van der Waals surface area contributed by atoms with Gasteiger partial charge < -0.3 is 11.1 Å². The number of amides is 1. The molecule has 1 amide bonds. The fourth-order valence-electron chi connectivity index (χ4n) is 1.57. The van der Waals surface area contributed by atoms with Crippen LogP contribution in [0, 0.1) is 6.92 Å². The van der Waals surface area contributed by atoms with Gasteiger partial charge in [-0.1, -0.05) is 17.7 Å². The second kappa shape index (κ2) is 5.59. The van der Waals surface area contributed by atoms with Gasteiger partial charge in [-0.05, 0) is 46.6 Å². The zero-order valence-electron chi connectivity index (χ0n) is 10.1. The third-order valence-corrected chi connectivity index (χ3v) is 3.71. The first-order valence-corrected chi connectivity index (χ1v) is 6.63. The Kier molecular flexibility index (Phi) is 4.07. The van der Waals surface area contributed by atoms with Crippen LogP contribution in [0.3, 0.4) is 0 Å². The van der Waals surface area contributed by atoms with Gasteiger partial charge >= 0.3 is 0 Å². The number of nitrogens with zero attached hydrogens (tertiary/aromatic N) is 1. The Labute approximate surface area is 124 Å². The number of carbonyl (C=O) groups is 1. The van der Waals surface area contributed by atoms with Gasteiger partial charge in [-0.2, -0.15) is 0 Å². The van der Waals surface area contributed by atoms with E-state index in [-0.39, 0.29) is 11.5 Å². The highest BCUT2D eigenvalue weighted by Crippen LogP contribution is 2.23. The molecule has 1 aromatic carbocycles. The summed E-state index contributed by atoms with van der Waals surface area (Å²) in [5, 5.41) is 2.98. The van der Waals surface area contributed by atoms with Crippen LogP contribution in [-0.4, -0.2) is 10.9 Å². The van der Waals surface area contributed by atoms with Gasteiger partial charge in [0.05, 0.1) is 10.6 Å². The van der Waals surface area contributed by atoms with E-state index in [4.69, 9.17) is 17.3 Å². The van der Waals surface area contributed by atoms with Crippen molar-refractivity contribution in [1.29, 1.82) is 0 Å². The number of nitrogens with one attached hydrogen (secondary N) is 1. The Morgan fingerprint density at radius 3 is 2.84 bits per heavy atom. The van der Waals surface area contributed by atoms with Crippen molar-refractivity contribution >= 4 is 44.9 Å². The van der Waals surface area contributed by atoms with E-state index < -0.39 is 0 Å². The highest BCUT2D eigenvalue weighted by atomic mass is 79.9. The van der Waals surface area contributed by atoms with E-state index in [9.17, 15) is 4.79 Å². The monoisotopic (exact) mass is 339 g/mol. The molecule has 1 aromatic heterocycles. The molecule has 0 saturated heterocycles. The standard InChI is InChI=1S/C13H11BrClN3O/c1-7-5-11(17-6-8(7)14)18-13(19)12-9(15)3-2-4-10(12)16/h2-6H,16H2,1H3,(H,17,18,19). The van der Waals surface area contributed by atoms with Gasteiger partial charge in [0.2, 0.25) is 0 Å². The van der Waals surface area contributed by atoms with Crippen LogP contribution < -0.4 is 11.1 Å². The largest absolute Gasteiger partial charge is 0.398 e. The molecular weight excluding hydrogens is 330 g/mol. The van der Waals surface area contributed by atoms with Crippen LogP contribution in [0.5, 0.6) is 0 Å². The lowest BCUT2D eigenvalue weighted by atomic mass is 10.1. The smallest absolute Gasteiger partial charge is 0.260 e. The summed E-state index contributed by atoms with van der Waals surface area (Å²) in [4.78, 5) is 16.2. The lowest BCUT2D eigenvalue weighted by Gasteiger charge is -2.09. The predicted octanol–water partition coefficient (Wildman–Crippen LogP) is 3.64. The first kappa shape index (κ1) is 13.8. The Morgan fingerprint density at radius 2 is 2.21 bits per heavy atom. The van der Waals surface area contributed by atoms with Crippen LogP contribution in [0.1, 0.15) is 15.9 Å². The molecule has 0 aliphatic heterocycles. The summed E-state index contributed by atoms with van der Waals surface area (Å²) >= 11 is 9.33. The zero-order valence-corrected chi connectivity index (χ0v) is 12.4. The zero-order chi connectivity index (χ0) is 14.0. The summed E-state index contributed by atoms with van der Waals surface area (Å²) in [6, 6.07) is 6.69. The van der Waals surface area contributed by atoms with Crippen molar-refractivity contribution in [3.63, 3.8) is 0 Å². The summed E-state index contributed by atoms with van der Waals surface area (Å²) in [7, 11) is 0.